The van der Waals surface area contributed by atoms with Crippen LogP contribution in [0.1, 0.15) is 28.8 Å². The van der Waals surface area contributed by atoms with Gasteiger partial charge in [0, 0.05) is 9.77 Å². The van der Waals surface area contributed by atoms with Crippen molar-refractivity contribution in [2.24, 2.45) is 0 Å². The second kappa shape index (κ2) is 7.39. The molecule has 0 fully saturated rings. The Morgan fingerprint density at radius 2 is 2.13 bits per heavy atom. The van der Waals surface area contributed by atoms with Crippen molar-refractivity contribution in [1.29, 1.82) is 5.26 Å². The molecule has 0 atom stereocenters. The molecule has 0 aliphatic heterocycles. The summed E-state index contributed by atoms with van der Waals surface area (Å²) < 4.78 is 0. The second-order valence-corrected chi connectivity index (χ2v) is 7.82. The summed E-state index contributed by atoms with van der Waals surface area (Å²) in [6, 6.07) is 9.72. The predicted octanol–water partition coefficient (Wildman–Crippen LogP) is 4.88. The van der Waals surface area contributed by atoms with Crippen LogP contribution in [0.5, 0.6) is 0 Å². The van der Waals surface area contributed by atoms with Gasteiger partial charge in [-0.3, -0.25) is 4.79 Å². The van der Waals surface area contributed by atoms with Gasteiger partial charge in [-0.2, -0.15) is 5.26 Å². The number of halogens is 1. The largest absolute Gasteiger partial charge is 0.316 e. The summed E-state index contributed by atoms with van der Waals surface area (Å²) >= 11 is 9.04. The molecule has 0 saturated heterocycles. The van der Waals surface area contributed by atoms with Crippen LogP contribution in [0.15, 0.2) is 29.2 Å². The van der Waals surface area contributed by atoms with Crippen LogP contribution in [-0.2, 0) is 17.6 Å². The first-order valence-corrected chi connectivity index (χ1v) is 9.59. The average molecular weight is 363 g/mol. The van der Waals surface area contributed by atoms with Crippen LogP contribution < -0.4 is 5.32 Å². The molecule has 0 spiro atoms. The average Bonchev–Trinajstić information content (AvgIpc) is 2.91. The maximum absolute atomic E-state index is 12.2. The van der Waals surface area contributed by atoms with E-state index in [1.807, 2.05) is 24.3 Å². The second-order valence-electron chi connectivity index (χ2n) is 5.29. The van der Waals surface area contributed by atoms with Crippen molar-refractivity contribution in [2.75, 3.05) is 11.1 Å². The third-order valence-electron chi connectivity index (χ3n) is 3.73. The van der Waals surface area contributed by atoms with E-state index in [-0.39, 0.29) is 11.7 Å². The van der Waals surface area contributed by atoms with Crippen molar-refractivity contribution < 1.29 is 4.79 Å². The third-order valence-corrected chi connectivity index (χ3v) is 6.45. The first-order valence-electron chi connectivity index (χ1n) is 7.41. The van der Waals surface area contributed by atoms with Crippen molar-refractivity contribution >= 4 is 45.6 Å². The Balaban J connectivity index is 1.68. The molecule has 1 aliphatic carbocycles. The maximum atomic E-state index is 12.2. The number of benzene rings is 1. The fourth-order valence-electron chi connectivity index (χ4n) is 2.64. The fourth-order valence-corrected chi connectivity index (χ4v) is 4.93. The Morgan fingerprint density at radius 1 is 1.35 bits per heavy atom. The van der Waals surface area contributed by atoms with Crippen molar-refractivity contribution in [1.82, 2.24) is 0 Å². The van der Waals surface area contributed by atoms with E-state index in [1.165, 1.54) is 16.6 Å². The zero-order valence-electron chi connectivity index (χ0n) is 12.4. The summed E-state index contributed by atoms with van der Waals surface area (Å²) in [5.74, 6) is 0.169. The molecule has 1 N–H and O–H groups in total. The van der Waals surface area contributed by atoms with Gasteiger partial charge in [0.05, 0.1) is 16.3 Å². The zero-order valence-corrected chi connectivity index (χ0v) is 14.8. The number of aryl methyl sites for hydroxylation is 1. The summed E-state index contributed by atoms with van der Waals surface area (Å²) in [7, 11) is 0. The Bertz CT molecular complexity index is 779. The predicted molar refractivity (Wildman–Crippen MR) is 96.5 cm³/mol. The number of fused-ring (bicyclic) bond motifs is 1. The monoisotopic (exact) mass is 362 g/mol. The molecular formula is C17H15ClN2OS2. The highest BCUT2D eigenvalue weighted by Gasteiger charge is 2.21. The van der Waals surface area contributed by atoms with Crippen LogP contribution >= 0.6 is 34.7 Å². The van der Waals surface area contributed by atoms with Crippen LogP contribution in [0, 0.1) is 11.3 Å². The first-order chi connectivity index (χ1) is 11.2. The molecule has 1 amide bonds. The number of carbonyl (C=O) groups is 1. The molecule has 2 aromatic rings. The fraction of sp³-hybridized carbons (Fsp3) is 0.294. The molecule has 1 aliphatic rings. The standard InChI is InChI=1S/C17H15ClN2OS2/c18-13-6-2-4-8-15(13)22-10-16(21)20-17-12(9-19)11-5-1-3-7-14(11)23-17/h2,4,6,8H,1,3,5,7,10H2,(H,20,21). The molecule has 3 rings (SSSR count). The van der Waals surface area contributed by atoms with Gasteiger partial charge in [0.1, 0.15) is 11.1 Å². The van der Waals surface area contributed by atoms with Gasteiger partial charge in [-0.1, -0.05) is 23.7 Å². The van der Waals surface area contributed by atoms with Gasteiger partial charge in [-0.15, -0.1) is 23.1 Å². The van der Waals surface area contributed by atoms with Crippen LogP contribution in [0.4, 0.5) is 5.00 Å². The maximum Gasteiger partial charge on any atom is 0.235 e. The molecule has 0 unspecified atom stereocenters. The summed E-state index contributed by atoms with van der Waals surface area (Å²) in [6.07, 6.45) is 4.24. The van der Waals surface area contributed by atoms with Crippen LogP contribution in [-0.4, -0.2) is 11.7 Å². The minimum atomic E-state index is -0.106. The number of carbonyl (C=O) groups excluding carboxylic acids is 1. The number of anilines is 1. The van der Waals surface area contributed by atoms with Crippen LogP contribution in [0.25, 0.3) is 0 Å². The topological polar surface area (TPSA) is 52.9 Å². The van der Waals surface area contributed by atoms with Gasteiger partial charge < -0.3 is 5.32 Å². The van der Waals surface area contributed by atoms with E-state index in [1.54, 1.807) is 11.3 Å². The normalized spacial score (nSPS) is 13.2. The molecule has 118 valence electrons. The highest BCUT2D eigenvalue weighted by atomic mass is 35.5. The van der Waals surface area contributed by atoms with Crippen LogP contribution in [0.2, 0.25) is 5.02 Å². The first kappa shape index (κ1) is 16.4. The van der Waals surface area contributed by atoms with Crippen molar-refractivity contribution in [3.05, 3.63) is 45.3 Å². The van der Waals surface area contributed by atoms with Gasteiger partial charge in [-0.25, -0.2) is 0 Å². The Labute approximate surface area is 148 Å². The van der Waals surface area contributed by atoms with Gasteiger partial charge in [0.25, 0.3) is 0 Å². The lowest BCUT2D eigenvalue weighted by Crippen LogP contribution is -2.14. The summed E-state index contributed by atoms with van der Waals surface area (Å²) in [5.41, 5.74) is 1.79. The lowest BCUT2D eigenvalue weighted by molar-refractivity contribution is -0.113. The molecule has 0 saturated carbocycles. The summed E-state index contributed by atoms with van der Waals surface area (Å²) in [6.45, 7) is 0. The minimum absolute atomic E-state index is 0.106. The lowest BCUT2D eigenvalue weighted by atomic mass is 9.96. The molecule has 0 radical (unpaired) electrons. The number of rotatable bonds is 4. The SMILES string of the molecule is N#Cc1c(NC(=O)CSc2ccccc2Cl)sc2c1CCCC2. The highest BCUT2D eigenvalue weighted by Crippen LogP contribution is 2.37. The van der Waals surface area contributed by atoms with Gasteiger partial charge in [0.2, 0.25) is 5.91 Å². The lowest BCUT2D eigenvalue weighted by Gasteiger charge is -2.09. The van der Waals surface area contributed by atoms with E-state index >= 15 is 0 Å². The van der Waals surface area contributed by atoms with E-state index in [4.69, 9.17) is 11.6 Å². The minimum Gasteiger partial charge on any atom is -0.316 e. The highest BCUT2D eigenvalue weighted by molar-refractivity contribution is 8.00. The van der Waals surface area contributed by atoms with E-state index in [2.05, 4.69) is 11.4 Å². The smallest absolute Gasteiger partial charge is 0.235 e. The molecule has 1 aromatic carbocycles. The number of nitrogens with one attached hydrogen (secondary N) is 1. The van der Waals surface area contributed by atoms with Crippen molar-refractivity contribution in [3.63, 3.8) is 0 Å². The molecule has 6 heteroatoms. The van der Waals surface area contributed by atoms with E-state index < -0.39 is 0 Å². The Morgan fingerprint density at radius 3 is 2.91 bits per heavy atom. The van der Waals surface area contributed by atoms with Gasteiger partial charge in [-0.05, 0) is 43.4 Å². The number of thioether (sulfide) groups is 1. The number of nitriles is 1. The molecular weight excluding hydrogens is 348 g/mol. The van der Waals surface area contributed by atoms with E-state index in [0.717, 1.165) is 36.1 Å². The Hall–Kier alpha value is -1.48. The van der Waals surface area contributed by atoms with Crippen molar-refractivity contribution in [2.45, 2.75) is 30.6 Å². The number of nitrogens with zero attached hydrogens (tertiary/aromatic N) is 1. The van der Waals surface area contributed by atoms with E-state index in [9.17, 15) is 10.1 Å². The Kier molecular flexibility index (Phi) is 5.27. The third kappa shape index (κ3) is 3.72. The number of hydrogen-bond acceptors (Lipinski definition) is 4. The van der Waals surface area contributed by atoms with Gasteiger partial charge in [0.15, 0.2) is 0 Å². The molecule has 23 heavy (non-hydrogen) atoms. The number of amides is 1. The number of thiophene rings is 1. The summed E-state index contributed by atoms with van der Waals surface area (Å²) in [5, 5.41) is 13.7. The molecule has 1 heterocycles. The van der Waals surface area contributed by atoms with Gasteiger partial charge >= 0.3 is 0 Å². The van der Waals surface area contributed by atoms with Crippen LogP contribution in [0.3, 0.4) is 0 Å². The summed E-state index contributed by atoms with van der Waals surface area (Å²) in [4.78, 5) is 14.3. The van der Waals surface area contributed by atoms with Crippen molar-refractivity contribution in [3.8, 4) is 6.07 Å². The zero-order chi connectivity index (χ0) is 16.2. The molecule has 0 bridgehead atoms. The molecule has 1 aromatic heterocycles. The quantitative estimate of drug-likeness (QED) is 0.788. The number of hydrogen-bond donors (Lipinski definition) is 1. The van der Waals surface area contributed by atoms with E-state index in [0.29, 0.717) is 15.6 Å². The molecule has 3 nitrogen and oxygen atoms in total.